The summed E-state index contributed by atoms with van der Waals surface area (Å²) in [6.07, 6.45) is 0.166. The van der Waals surface area contributed by atoms with E-state index in [0.29, 0.717) is 4.99 Å². The number of nitrogens with one attached hydrogen (secondary N) is 1. The van der Waals surface area contributed by atoms with Crippen LogP contribution in [0, 0.1) is 5.92 Å². The molecule has 0 aliphatic heterocycles. The van der Waals surface area contributed by atoms with Crippen molar-refractivity contribution in [2.75, 3.05) is 57.7 Å². The Morgan fingerprint density at radius 3 is 1.57 bits per heavy atom. The highest BCUT2D eigenvalue weighted by Gasteiger charge is 2.27. The van der Waals surface area contributed by atoms with E-state index in [-0.39, 0.29) is 32.0 Å². The van der Waals surface area contributed by atoms with Crippen LogP contribution in [0.1, 0.15) is 19.4 Å². The van der Waals surface area contributed by atoms with Crippen molar-refractivity contribution in [1.29, 1.82) is 0 Å². The maximum absolute atomic E-state index is 11.6. The van der Waals surface area contributed by atoms with Crippen molar-refractivity contribution < 1.29 is 49.5 Å². The fourth-order valence-corrected chi connectivity index (χ4v) is 3.98. The van der Waals surface area contributed by atoms with Crippen LogP contribution < -0.4 is 5.32 Å². The van der Waals surface area contributed by atoms with Gasteiger partial charge in [-0.05, 0) is 24.1 Å². The van der Waals surface area contributed by atoms with Crippen molar-refractivity contribution >= 4 is 52.7 Å². The average Bonchev–Trinajstić information content (AvgIpc) is 2.81. The molecule has 15 heteroatoms. The Labute approximate surface area is 236 Å². The van der Waals surface area contributed by atoms with Crippen LogP contribution in [-0.2, 0) is 30.4 Å². The Balaban J connectivity index is 3.24. The summed E-state index contributed by atoms with van der Waals surface area (Å²) in [5.74, 6) is -6.16. The first-order valence-corrected chi connectivity index (χ1v) is 12.7. The Kier molecular flexibility index (Phi) is 14.7. The van der Waals surface area contributed by atoms with Crippen LogP contribution in [0.3, 0.4) is 0 Å². The lowest BCUT2D eigenvalue weighted by atomic mass is 10.0. The van der Waals surface area contributed by atoms with Gasteiger partial charge in [0.1, 0.15) is 0 Å². The monoisotopic (exact) mass is 584 g/mol. The number of thiocarbonyl (C=S) groups is 1. The molecule has 1 unspecified atom stereocenters. The van der Waals surface area contributed by atoms with Crippen molar-refractivity contribution in [1.82, 2.24) is 14.7 Å². The van der Waals surface area contributed by atoms with Crippen LogP contribution in [0.5, 0.6) is 0 Å². The quantitative estimate of drug-likeness (QED) is 0.114. The molecule has 0 saturated heterocycles. The summed E-state index contributed by atoms with van der Waals surface area (Å²) >= 11 is 5.30. The van der Waals surface area contributed by atoms with Gasteiger partial charge in [0.05, 0.1) is 37.7 Å². The first-order chi connectivity index (χ1) is 18.7. The Bertz CT molecular complexity index is 1020. The summed E-state index contributed by atoms with van der Waals surface area (Å²) < 4.78 is 0. The number of hydrogen-bond acceptors (Lipinski definition) is 9. The summed E-state index contributed by atoms with van der Waals surface area (Å²) in [6, 6.07) is 6.30. The molecule has 0 aliphatic rings. The van der Waals surface area contributed by atoms with Crippen molar-refractivity contribution in [2.24, 2.45) is 5.92 Å². The highest BCUT2D eigenvalue weighted by molar-refractivity contribution is 7.80. The fourth-order valence-electron chi connectivity index (χ4n) is 3.86. The van der Waals surface area contributed by atoms with Crippen LogP contribution in [-0.4, -0.2) is 133 Å². The number of aliphatic carboxylic acids is 5. The number of hydrogen-bond donors (Lipinski definition) is 6. The zero-order chi connectivity index (χ0) is 30.4. The topological polar surface area (TPSA) is 208 Å². The van der Waals surface area contributed by atoms with E-state index >= 15 is 0 Å². The predicted octanol–water partition coefficient (Wildman–Crippen LogP) is 0.322. The molecule has 40 heavy (non-hydrogen) atoms. The largest absolute Gasteiger partial charge is 0.480 e. The minimum Gasteiger partial charge on any atom is -0.480 e. The van der Waals surface area contributed by atoms with E-state index in [0.717, 1.165) is 16.2 Å². The molecule has 222 valence electrons. The number of benzene rings is 1. The molecule has 1 aromatic carbocycles. The van der Waals surface area contributed by atoms with E-state index in [1.54, 1.807) is 24.3 Å². The third kappa shape index (κ3) is 14.5. The van der Waals surface area contributed by atoms with E-state index in [1.807, 2.05) is 13.8 Å². The predicted molar refractivity (Wildman–Crippen MR) is 148 cm³/mol. The van der Waals surface area contributed by atoms with Gasteiger partial charge in [-0.15, -0.1) is 0 Å². The second kappa shape index (κ2) is 17.1. The Hall–Kier alpha value is -3.66. The lowest BCUT2D eigenvalue weighted by Gasteiger charge is -2.34. The van der Waals surface area contributed by atoms with Crippen LogP contribution in [0.2, 0.25) is 0 Å². The molecule has 0 heterocycles. The number of nitrogens with zero attached hydrogens (tertiary/aromatic N) is 3. The zero-order valence-electron chi connectivity index (χ0n) is 22.4. The summed E-state index contributed by atoms with van der Waals surface area (Å²) in [5.41, 5.74) is 1.46. The van der Waals surface area contributed by atoms with Crippen LogP contribution in [0.25, 0.3) is 0 Å². The summed E-state index contributed by atoms with van der Waals surface area (Å²) in [6.45, 7) is 0.710. The molecule has 0 bridgehead atoms. The van der Waals surface area contributed by atoms with Gasteiger partial charge in [-0.25, -0.2) is 0 Å². The third-order valence-electron chi connectivity index (χ3n) is 5.69. The molecular weight excluding hydrogens is 548 g/mol. The van der Waals surface area contributed by atoms with Crippen LogP contribution >= 0.6 is 12.2 Å². The molecule has 0 aliphatic carbocycles. The molecule has 0 saturated carbocycles. The highest BCUT2D eigenvalue weighted by Crippen LogP contribution is 2.16. The normalized spacial score (nSPS) is 12.1. The van der Waals surface area contributed by atoms with Gasteiger partial charge in [0, 0.05) is 37.3 Å². The van der Waals surface area contributed by atoms with Gasteiger partial charge in [0.15, 0.2) is 0 Å². The van der Waals surface area contributed by atoms with E-state index in [1.165, 1.54) is 9.80 Å². The van der Waals surface area contributed by atoms with Crippen LogP contribution in [0.15, 0.2) is 24.3 Å². The second-order valence-electron chi connectivity index (χ2n) is 9.52. The van der Waals surface area contributed by atoms with E-state index in [2.05, 4.69) is 5.32 Å². The van der Waals surface area contributed by atoms with Gasteiger partial charge in [-0.1, -0.05) is 38.2 Å². The van der Waals surface area contributed by atoms with Gasteiger partial charge in [-0.3, -0.25) is 38.7 Å². The molecule has 0 spiro atoms. The highest BCUT2D eigenvalue weighted by atomic mass is 32.1. The Morgan fingerprint density at radius 1 is 0.725 bits per heavy atom. The van der Waals surface area contributed by atoms with Crippen molar-refractivity contribution in [2.45, 2.75) is 26.3 Å². The minimum atomic E-state index is -1.27. The van der Waals surface area contributed by atoms with Gasteiger partial charge in [-0.2, -0.15) is 0 Å². The summed E-state index contributed by atoms with van der Waals surface area (Å²) in [7, 11) is 0. The smallest absolute Gasteiger partial charge is 0.317 e. The first-order valence-electron chi connectivity index (χ1n) is 12.3. The lowest BCUT2D eigenvalue weighted by Crippen LogP contribution is -2.51. The minimum absolute atomic E-state index is 0.0627. The fraction of sp³-hybridized carbons (Fsp3) is 0.520. The third-order valence-corrected chi connectivity index (χ3v) is 6.26. The molecule has 0 radical (unpaired) electrons. The van der Waals surface area contributed by atoms with Crippen LogP contribution in [0.4, 0.5) is 5.69 Å². The molecule has 0 amide bonds. The Morgan fingerprint density at radius 2 is 1.15 bits per heavy atom. The standard InChI is InChI=1S/C25H36N4O10S/c1-16(2)25(40)26-18-5-3-17(4-6-18)9-19(29(14-23(36)37)15-24(38)39)10-27(11-20(30)31)7-8-28(12-21(32)33)13-22(34)35/h3-6,16,19H,7-15H2,1-2H3,(H,26,40)(H,30,31)(H,32,33)(H,34,35)(H,36,37)(H,38,39). The molecule has 1 aromatic rings. The average molecular weight is 585 g/mol. The van der Waals surface area contributed by atoms with E-state index in [4.69, 9.17) is 22.4 Å². The van der Waals surface area contributed by atoms with E-state index < -0.39 is 68.6 Å². The van der Waals surface area contributed by atoms with Gasteiger partial charge in [0.25, 0.3) is 0 Å². The number of anilines is 1. The SMILES string of the molecule is CC(C)C(=S)Nc1ccc(CC(CN(CCN(CC(=O)O)CC(=O)O)CC(=O)O)N(CC(=O)O)CC(=O)O)cc1. The molecule has 14 nitrogen and oxygen atoms in total. The molecule has 1 rings (SSSR count). The second-order valence-corrected chi connectivity index (χ2v) is 9.96. The summed E-state index contributed by atoms with van der Waals surface area (Å²) in [4.78, 5) is 61.3. The number of carboxylic acid groups (broad SMARTS) is 5. The number of carbonyl (C=O) groups is 5. The maximum atomic E-state index is 11.6. The molecule has 0 aromatic heterocycles. The first kappa shape index (κ1) is 34.4. The van der Waals surface area contributed by atoms with Gasteiger partial charge >= 0.3 is 29.8 Å². The molecular formula is C25H36N4O10S. The molecule has 6 N–H and O–H groups in total. The van der Waals surface area contributed by atoms with Crippen molar-refractivity contribution in [3.05, 3.63) is 29.8 Å². The number of rotatable bonds is 20. The van der Waals surface area contributed by atoms with Crippen molar-refractivity contribution in [3.63, 3.8) is 0 Å². The number of carboxylic acids is 5. The molecule has 1 atom stereocenters. The van der Waals surface area contributed by atoms with Crippen molar-refractivity contribution in [3.8, 4) is 0 Å². The van der Waals surface area contributed by atoms with Gasteiger partial charge in [0.2, 0.25) is 0 Å². The summed E-state index contributed by atoms with van der Waals surface area (Å²) in [5, 5.41) is 49.6. The van der Waals surface area contributed by atoms with E-state index in [9.17, 15) is 39.3 Å². The maximum Gasteiger partial charge on any atom is 0.317 e. The molecule has 0 fully saturated rings. The van der Waals surface area contributed by atoms with Gasteiger partial charge < -0.3 is 30.8 Å². The lowest BCUT2D eigenvalue weighted by molar-refractivity contribution is -0.144. The zero-order valence-corrected chi connectivity index (χ0v) is 23.2.